The molecule has 1 atom stereocenters. The van der Waals surface area contributed by atoms with E-state index in [1.54, 1.807) is 0 Å². The molecule has 0 fully saturated rings. The molecule has 0 unspecified atom stereocenters. The average Bonchev–Trinajstić information content (AvgIpc) is 2.59. The normalized spacial score (nSPS) is 12.0. The third-order valence-corrected chi connectivity index (χ3v) is 4.40. The molecule has 4 nitrogen and oxygen atoms in total. The average molecular weight is 332 g/mol. The number of nitrogens with one attached hydrogen (secondary N) is 2. The first kappa shape index (κ1) is 20.2. The lowest BCUT2D eigenvalue weighted by molar-refractivity contribution is -0.139. The zero-order chi connectivity index (χ0) is 17.9. The first-order chi connectivity index (χ1) is 11.5. The Hall–Kier alpha value is -1.84. The maximum Gasteiger partial charge on any atom is 0.309 e. The van der Waals surface area contributed by atoms with Crippen LogP contribution in [0.3, 0.4) is 0 Å². The Morgan fingerprint density at radius 1 is 1.00 bits per heavy atom. The number of amides is 2. The van der Waals surface area contributed by atoms with Crippen molar-refractivity contribution < 1.29 is 9.59 Å². The summed E-state index contributed by atoms with van der Waals surface area (Å²) >= 11 is 0. The van der Waals surface area contributed by atoms with Crippen LogP contribution in [-0.2, 0) is 16.1 Å². The van der Waals surface area contributed by atoms with Gasteiger partial charge in [0, 0.05) is 13.1 Å². The predicted molar refractivity (Wildman–Crippen MR) is 98.7 cm³/mol. The van der Waals surface area contributed by atoms with Crippen molar-refractivity contribution in [3.63, 3.8) is 0 Å². The van der Waals surface area contributed by atoms with Gasteiger partial charge in [0.15, 0.2) is 0 Å². The molecule has 1 rings (SSSR count). The Morgan fingerprint density at radius 3 is 2.17 bits per heavy atom. The number of rotatable bonds is 9. The Kier molecular flexibility index (Phi) is 9.13. The molecule has 2 amide bonds. The summed E-state index contributed by atoms with van der Waals surface area (Å²) in [5.41, 5.74) is 2.26. The van der Waals surface area contributed by atoms with Crippen molar-refractivity contribution >= 4 is 11.8 Å². The molecule has 0 radical (unpaired) electrons. The molecule has 0 aromatic heterocycles. The molecule has 0 spiro atoms. The van der Waals surface area contributed by atoms with Gasteiger partial charge in [-0.2, -0.15) is 0 Å². The van der Waals surface area contributed by atoms with E-state index in [-0.39, 0.29) is 0 Å². The third kappa shape index (κ3) is 7.16. The van der Waals surface area contributed by atoms with Crippen LogP contribution >= 0.6 is 0 Å². The van der Waals surface area contributed by atoms with Crippen molar-refractivity contribution in [1.29, 1.82) is 0 Å². The van der Waals surface area contributed by atoms with Crippen molar-refractivity contribution in [2.75, 3.05) is 6.54 Å². The summed E-state index contributed by atoms with van der Waals surface area (Å²) in [6, 6.07) is 8.11. The molecular weight excluding hydrogens is 300 g/mol. The molecule has 0 heterocycles. The van der Waals surface area contributed by atoms with Crippen LogP contribution in [0.25, 0.3) is 0 Å². The first-order valence-corrected chi connectivity index (χ1v) is 9.12. The van der Waals surface area contributed by atoms with E-state index in [1.165, 1.54) is 5.56 Å². The maximum atomic E-state index is 11.9. The highest BCUT2D eigenvalue weighted by atomic mass is 16.2. The van der Waals surface area contributed by atoms with Crippen LogP contribution in [0.4, 0.5) is 0 Å². The van der Waals surface area contributed by atoms with Gasteiger partial charge in [0.2, 0.25) is 0 Å². The van der Waals surface area contributed by atoms with Gasteiger partial charge in [-0.05, 0) is 29.4 Å². The van der Waals surface area contributed by atoms with E-state index in [2.05, 4.69) is 50.5 Å². The Morgan fingerprint density at radius 2 is 1.62 bits per heavy atom. The van der Waals surface area contributed by atoms with Crippen molar-refractivity contribution in [3.8, 4) is 0 Å². The molecule has 0 aliphatic rings. The molecule has 2 N–H and O–H groups in total. The first-order valence-electron chi connectivity index (χ1n) is 9.12. The number of unbranched alkanes of at least 4 members (excludes halogenated alkanes) is 1. The van der Waals surface area contributed by atoms with Crippen molar-refractivity contribution in [1.82, 2.24) is 10.6 Å². The van der Waals surface area contributed by atoms with Gasteiger partial charge in [0.05, 0.1) is 0 Å². The van der Waals surface area contributed by atoms with E-state index in [1.807, 2.05) is 12.1 Å². The predicted octanol–water partition coefficient (Wildman–Crippen LogP) is 3.76. The van der Waals surface area contributed by atoms with Crippen molar-refractivity contribution in [3.05, 3.63) is 35.4 Å². The molecule has 0 saturated heterocycles. The van der Waals surface area contributed by atoms with Crippen LogP contribution < -0.4 is 10.6 Å². The summed E-state index contributed by atoms with van der Waals surface area (Å²) in [5, 5.41) is 5.43. The third-order valence-electron chi connectivity index (χ3n) is 4.40. The van der Waals surface area contributed by atoms with E-state index in [9.17, 15) is 9.59 Å². The molecule has 1 aromatic rings. The van der Waals surface area contributed by atoms with E-state index in [4.69, 9.17) is 0 Å². The van der Waals surface area contributed by atoms with Gasteiger partial charge in [-0.15, -0.1) is 0 Å². The fourth-order valence-corrected chi connectivity index (χ4v) is 2.54. The van der Waals surface area contributed by atoms with E-state index >= 15 is 0 Å². The SMILES string of the molecule is CCCC[C@@H](CC)CNC(=O)C(=O)NCc1ccc(C(C)C)cc1. The minimum Gasteiger partial charge on any atom is -0.348 e. The summed E-state index contributed by atoms with van der Waals surface area (Å²) in [7, 11) is 0. The van der Waals surface area contributed by atoms with Crippen LogP contribution in [0.2, 0.25) is 0 Å². The van der Waals surface area contributed by atoms with Crippen LogP contribution in [0.1, 0.15) is 70.4 Å². The van der Waals surface area contributed by atoms with Gasteiger partial charge in [0.25, 0.3) is 0 Å². The van der Waals surface area contributed by atoms with Gasteiger partial charge in [-0.3, -0.25) is 9.59 Å². The standard InChI is InChI=1S/C20H32N2O2/c1-5-7-8-16(6-2)13-21-19(23)20(24)22-14-17-9-11-18(12-10-17)15(3)4/h9-12,15-16H,5-8,13-14H2,1-4H3,(H,21,23)(H,22,24)/t16-/m1/s1. The summed E-state index contributed by atoms with van der Waals surface area (Å²) in [6.45, 7) is 9.51. The number of hydrogen-bond donors (Lipinski definition) is 2. The lowest BCUT2D eigenvalue weighted by Gasteiger charge is -2.15. The van der Waals surface area contributed by atoms with Crippen LogP contribution in [0.5, 0.6) is 0 Å². The molecule has 134 valence electrons. The summed E-state index contributed by atoms with van der Waals surface area (Å²) in [6.07, 6.45) is 4.43. The number of carbonyl (C=O) groups is 2. The second-order valence-corrected chi connectivity index (χ2v) is 6.71. The second-order valence-electron chi connectivity index (χ2n) is 6.71. The van der Waals surface area contributed by atoms with Gasteiger partial charge in [-0.1, -0.05) is 71.2 Å². The van der Waals surface area contributed by atoms with E-state index < -0.39 is 11.8 Å². The molecule has 0 saturated carbocycles. The fourth-order valence-electron chi connectivity index (χ4n) is 2.54. The summed E-state index contributed by atoms with van der Waals surface area (Å²) in [5.74, 6) is -0.166. The van der Waals surface area contributed by atoms with Gasteiger partial charge in [-0.25, -0.2) is 0 Å². The molecular formula is C20H32N2O2. The van der Waals surface area contributed by atoms with Crippen LogP contribution in [-0.4, -0.2) is 18.4 Å². The molecule has 4 heteroatoms. The van der Waals surface area contributed by atoms with Crippen molar-refractivity contribution in [2.24, 2.45) is 5.92 Å². The lowest BCUT2D eigenvalue weighted by atomic mass is 9.99. The van der Waals surface area contributed by atoms with Crippen molar-refractivity contribution in [2.45, 2.75) is 65.8 Å². The lowest BCUT2D eigenvalue weighted by Crippen LogP contribution is -2.41. The summed E-state index contributed by atoms with van der Waals surface area (Å²) < 4.78 is 0. The van der Waals surface area contributed by atoms with Gasteiger partial charge in [0.1, 0.15) is 0 Å². The highest BCUT2D eigenvalue weighted by molar-refractivity contribution is 6.35. The Bertz CT molecular complexity index is 509. The van der Waals surface area contributed by atoms with E-state index in [0.717, 1.165) is 31.2 Å². The smallest absolute Gasteiger partial charge is 0.309 e. The number of hydrogen-bond acceptors (Lipinski definition) is 2. The minimum absolute atomic E-state index is 0.373. The quantitative estimate of drug-likeness (QED) is 0.677. The topological polar surface area (TPSA) is 58.2 Å². The number of carbonyl (C=O) groups excluding carboxylic acids is 2. The fraction of sp³-hybridized carbons (Fsp3) is 0.600. The molecule has 0 aliphatic carbocycles. The summed E-state index contributed by atoms with van der Waals surface area (Å²) in [4.78, 5) is 23.8. The van der Waals surface area contributed by atoms with Gasteiger partial charge >= 0.3 is 11.8 Å². The molecule has 0 aliphatic heterocycles. The largest absolute Gasteiger partial charge is 0.348 e. The Labute approximate surface area is 146 Å². The number of benzene rings is 1. The second kappa shape index (κ2) is 10.8. The Balaban J connectivity index is 2.37. The zero-order valence-corrected chi connectivity index (χ0v) is 15.5. The maximum absolute atomic E-state index is 11.9. The van der Waals surface area contributed by atoms with E-state index in [0.29, 0.717) is 24.9 Å². The highest BCUT2D eigenvalue weighted by Crippen LogP contribution is 2.14. The van der Waals surface area contributed by atoms with Crippen LogP contribution in [0.15, 0.2) is 24.3 Å². The highest BCUT2D eigenvalue weighted by Gasteiger charge is 2.15. The molecule has 0 bridgehead atoms. The monoisotopic (exact) mass is 332 g/mol. The minimum atomic E-state index is -0.562. The molecule has 24 heavy (non-hydrogen) atoms. The van der Waals surface area contributed by atoms with Gasteiger partial charge < -0.3 is 10.6 Å². The molecule has 1 aromatic carbocycles. The van der Waals surface area contributed by atoms with Crippen LogP contribution in [0, 0.1) is 5.92 Å². The zero-order valence-electron chi connectivity index (χ0n) is 15.5.